The molecule has 0 spiro atoms. The van der Waals surface area contributed by atoms with E-state index in [-0.39, 0.29) is 6.98 Å². The number of hydrogen-bond acceptors (Lipinski definition) is 3. The maximum Gasteiger partial charge on any atom is 0.460 e. The molecule has 0 bridgehead atoms. The molecule has 7 aromatic rings. The van der Waals surface area contributed by atoms with Crippen LogP contribution in [-0.4, -0.2) is 21.1 Å². The van der Waals surface area contributed by atoms with Crippen molar-refractivity contribution in [1.29, 1.82) is 0 Å². The Kier molecular flexibility index (Phi) is 4.08. The number of fused-ring (bicyclic) bond motifs is 12. The molecule has 0 unspecified atom stereocenters. The fraction of sp³-hybridized carbons (Fsp3) is 0. The summed E-state index contributed by atoms with van der Waals surface area (Å²) in [5.41, 5.74) is 10.1. The van der Waals surface area contributed by atoms with Gasteiger partial charge in [-0.1, -0.05) is 78.9 Å². The van der Waals surface area contributed by atoms with Gasteiger partial charge in [0.25, 0.3) is 0 Å². The second-order valence-electron chi connectivity index (χ2n) is 10.1. The third-order valence-electron chi connectivity index (χ3n) is 8.03. The average Bonchev–Trinajstić information content (AvgIpc) is 3.66. The van der Waals surface area contributed by atoms with Crippen LogP contribution in [0.3, 0.4) is 0 Å². The highest BCUT2D eigenvalue weighted by Crippen LogP contribution is 2.54. The lowest BCUT2D eigenvalue weighted by Gasteiger charge is -2.36. The molecule has 6 heteroatoms. The number of rotatable bonds is 2. The molecule has 0 amide bonds. The molecule has 5 aromatic carbocycles. The van der Waals surface area contributed by atoms with Crippen molar-refractivity contribution >= 4 is 57.5 Å². The third-order valence-corrected chi connectivity index (χ3v) is 8.03. The molecule has 4 heterocycles. The fourth-order valence-corrected chi connectivity index (χ4v) is 6.52. The second kappa shape index (κ2) is 7.65. The second-order valence-corrected chi connectivity index (χ2v) is 10.1. The maximum absolute atomic E-state index is 5.29. The standard InChI is InChI=1S/C33H22BN5/c1-3-13-23(14-4-1)36-27-19-9-7-17-25(27)31-32(36)39-30-22-12-11-21-29(30)37-28-20-10-8-18-26(28)35-33(37)34(39)38(31)24-15-5-2-6-16-24/h1-22H. The van der Waals surface area contributed by atoms with Crippen LogP contribution in [0.15, 0.2) is 133 Å². The zero-order valence-corrected chi connectivity index (χ0v) is 21.0. The highest BCUT2D eigenvalue weighted by Gasteiger charge is 2.52. The lowest BCUT2D eigenvalue weighted by Crippen LogP contribution is -2.59. The van der Waals surface area contributed by atoms with Crippen LogP contribution in [0.4, 0.5) is 22.9 Å². The summed E-state index contributed by atoms with van der Waals surface area (Å²) < 4.78 is 4.76. The molecule has 9 rings (SSSR count). The number of aromatic nitrogens is 3. The van der Waals surface area contributed by atoms with E-state index in [1.54, 1.807) is 0 Å². The van der Waals surface area contributed by atoms with Gasteiger partial charge in [0.05, 0.1) is 33.6 Å². The van der Waals surface area contributed by atoms with Gasteiger partial charge in [-0.25, -0.2) is 4.98 Å². The van der Waals surface area contributed by atoms with Crippen molar-refractivity contribution < 1.29 is 0 Å². The first-order valence-electron chi connectivity index (χ1n) is 13.3. The van der Waals surface area contributed by atoms with Gasteiger partial charge in [0.15, 0.2) is 0 Å². The first-order valence-corrected chi connectivity index (χ1v) is 13.3. The summed E-state index contributed by atoms with van der Waals surface area (Å²) in [7, 11) is 0. The van der Waals surface area contributed by atoms with Gasteiger partial charge < -0.3 is 9.62 Å². The minimum absolute atomic E-state index is 0.153. The molecule has 0 saturated carbocycles. The highest BCUT2D eigenvalue weighted by atomic mass is 15.4. The number of benzene rings is 5. The third kappa shape index (κ3) is 2.67. The molecule has 0 radical (unpaired) electrons. The lowest BCUT2D eigenvalue weighted by molar-refractivity contribution is 1.06. The first kappa shape index (κ1) is 20.8. The molecule has 2 aliphatic rings. The Labute approximate surface area is 225 Å². The van der Waals surface area contributed by atoms with Crippen molar-refractivity contribution in [2.45, 2.75) is 0 Å². The smallest absolute Gasteiger partial charge is 0.356 e. The van der Waals surface area contributed by atoms with E-state index >= 15 is 0 Å². The molecular weight excluding hydrogens is 477 g/mol. The van der Waals surface area contributed by atoms with Crippen molar-refractivity contribution in [2.24, 2.45) is 0 Å². The van der Waals surface area contributed by atoms with Gasteiger partial charge in [-0.3, -0.25) is 9.13 Å². The van der Waals surface area contributed by atoms with Crippen LogP contribution in [0.2, 0.25) is 0 Å². The van der Waals surface area contributed by atoms with Crippen LogP contribution in [0.5, 0.6) is 0 Å². The summed E-state index contributed by atoms with van der Waals surface area (Å²) in [6.07, 6.45) is 0. The molecule has 2 aliphatic heterocycles. The predicted octanol–water partition coefficient (Wildman–Crippen LogP) is 6.97. The van der Waals surface area contributed by atoms with Gasteiger partial charge in [-0.2, -0.15) is 0 Å². The van der Waals surface area contributed by atoms with Crippen LogP contribution in [-0.2, 0) is 0 Å². The Morgan fingerprint density at radius 3 is 1.90 bits per heavy atom. The quantitative estimate of drug-likeness (QED) is 0.241. The molecule has 0 saturated heterocycles. The normalized spacial score (nSPS) is 13.5. The van der Waals surface area contributed by atoms with Crippen molar-refractivity contribution in [3.05, 3.63) is 133 Å². The van der Waals surface area contributed by atoms with Crippen molar-refractivity contribution in [3.8, 4) is 11.4 Å². The van der Waals surface area contributed by atoms with Crippen molar-refractivity contribution in [1.82, 2.24) is 14.1 Å². The molecule has 0 N–H and O–H groups in total. The molecule has 0 atom stereocenters. The topological polar surface area (TPSA) is 29.2 Å². The molecule has 0 aliphatic carbocycles. The molecule has 5 nitrogen and oxygen atoms in total. The van der Waals surface area contributed by atoms with E-state index < -0.39 is 0 Å². The molecule has 2 aromatic heterocycles. The molecule has 0 fully saturated rings. The largest absolute Gasteiger partial charge is 0.460 e. The predicted molar refractivity (Wildman–Crippen MR) is 160 cm³/mol. The van der Waals surface area contributed by atoms with Crippen LogP contribution in [0.1, 0.15) is 0 Å². The minimum Gasteiger partial charge on any atom is -0.356 e. The van der Waals surface area contributed by atoms with Gasteiger partial charge in [0.2, 0.25) is 0 Å². The summed E-state index contributed by atoms with van der Waals surface area (Å²) >= 11 is 0. The Bertz CT molecular complexity index is 2040. The Hall–Kier alpha value is -5.23. The summed E-state index contributed by atoms with van der Waals surface area (Å²) in [5, 5.41) is 1.22. The summed E-state index contributed by atoms with van der Waals surface area (Å²) in [4.78, 5) is 10.3. The number of hydrogen-bond donors (Lipinski definition) is 0. The number of imidazole rings is 1. The monoisotopic (exact) mass is 499 g/mol. The molecular formula is C33H22BN5. The molecule has 39 heavy (non-hydrogen) atoms. The van der Waals surface area contributed by atoms with Crippen molar-refractivity contribution in [2.75, 3.05) is 9.62 Å². The maximum atomic E-state index is 5.29. The van der Waals surface area contributed by atoms with E-state index in [1.165, 1.54) is 16.6 Å². The number of para-hydroxylation sites is 7. The summed E-state index contributed by atoms with van der Waals surface area (Å²) in [6.45, 7) is -0.153. The van der Waals surface area contributed by atoms with Crippen LogP contribution in [0.25, 0.3) is 33.3 Å². The number of nitrogens with zero attached hydrogens (tertiary/aromatic N) is 5. The van der Waals surface area contributed by atoms with Gasteiger partial charge in [0, 0.05) is 16.8 Å². The fourth-order valence-electron chi connectivity index (χ4n) is 6.52. The zero-order valence-electron chi connectivity index (χ0n) is 21.0. The van der Waals surface area contributed by atoms with Crippen LogP contribution in [0, 0.1) is 0 Å². The van der Waals surface area contributed by atoms with Gasteiger partial charge >= 0.3 is 6.98 Å². The zero-order chi connectivity index (χ0) is 25.5. The Morgan fingerprint density at radius 1 is 0.487 bits per heavy atom. The van der Waals surface area contributed by atoms with E-state index in [1.807, 2.05) is 0 Å². The van der Waals surface area contributed by atoms with Gasteiger partial charge in [-0.15, -0.1) is 0 Å². The van der Waals surface area contributed by atoms with Gasteiger partial charge in [0.1, 0.15) is 11.5 Å². The summed E-state index contributed by atoms with van der Waals surface area (Å²) in [5.74, 6) is 1.15. The van der Waals surface area contributed by atoms with Crippen LogP contribution < -0.4 is 15.3 Å². The van der Waals surface area contributed by atoms with E-state index in [0.29, 0.717) is 0 Å². The SMILES string of the molecule is c1ccc(N2B3c4nc5ccccc5n4-c4ccccc4N3c3c2c2ccccc2n3-c2ccccc2)cc1. The minimum atomic E-state index is -0.153. The summed E-state index contributed by atoms with van der Waals surface area (Å²) in [6, 6.07) is 47.3. The van der Waals surface area contributed by atoms with Crippen LogP contribution >= 0.6 is 0 Å². The first-order chi connectivity index (χ1) is 19.4. The van der Waals surface area contributed by atoms with E-state index in [2.05, 4.69) is 152 Å². The molecule has 182 valence electrons. The van der Waals surface area contributed by atoms with Gasteiger partial charge in [-0.05, 0) is 54.6 Å². The van der Waals surface area contributed by atoms with Crippen molar-refractivity contribution in [3.63, 3.8) is 0 Å². The Balaban J connectivity index is 1.47. The lowest BCUT2D eigenvalue weighted by atomic mass is 9.69. The number of anilines is 4. The van der Waals surface area contributed by atoms with E-state index in [0.717, 1.165) is 45.3 Å². The van der Waals surface area contributed by atoms with E-state index in [4.69, 9.17) is 4.98 Å². The highest BCUT2D eigenvalue weighted by molar-refractivity contribution is 6.84. The Morgan fingerprint density at radius 2 is 1.10 bits per heavy atom. The average molecular weight is 499 g/mol. The van der Waals surface area contributed by atoms with E-state index in [9.17, 15) is 0 Å².